The molecule has 5 heteroatoms. The molecule has 1 unspecified atom stereocenters. The molecule has 0 N–H and O–H groups in total. The number of rotatable bonds is 3. The van der Waals surface area contributed by atoms with Gasteiger partial charge in [-0.2, -0.15) is 0 Å². The van der Waals surface area contributed by atoms with Crippen LogP contribution in [0.2, 0.25) is 0 Å². The fourth-order valence-corrected chi connectivity index (χ4v) is 16.6. The average Bonchev–Trinajstić information content (AvgIpc) is 3.82. The third-order valence-electron chi connectivity index (χ3n) is 19.8. The smallest absolute Gasteiger partial charge is 0.253 e. The Morgan fingerprint density at radius 1 is 0.465 bits per heavy atom. The number of nitrogens with zero attached hydrogens (tertiary/aromatic N) is 3. The Bertz CT molecular complexity index is 3190. The van der Waals surface area contributed by atoms with Gasteiger partial charge in [-0.15, -0.1) is 11.3 Å². The number of para-hydroxylation sites is 1. The zero-order valence-electron chi connectivity index (χ0n) is 46.2. The molecule has 2 atom stereocenters. The quantitative estimate of drug-likeness (QED) is 0.163. The molecule has 3 aliphatic heterocycles. The predicted molar refractivity (Wildman–Crippen MR) is 309 cm³/mol. The molecule has 0 spiro atoms. The highest BCUT2D eigenvalue weighted by Crippen LogP contribution is 2.63. The highest BCUT2D eigenvalue weighted by Gasteiger charge is 2.59. The van der Waals surface area contributed by atoms with Crippen LogP contribution in [0.1, 0.15) is 200 Å². The van der Waals surface area contributed by atoms with Crippen LogP contribution in [-0.2, 0) is 37.9 Å². The summed E-state index contributed by atoms with van der Waals surface area (Å²) in [5.41, 5.74) is 22.7. The zero-order chi connectivity index (χ0) is 50.4. The fraction of sp³-hybridized carbons (Fsp3) is 0.485. The lowest BCUT2D eigenvalue weighted by molar-refractivity contribution is 0.195. The van der Waals surface area contributed by atoms with Gasteiger partial charge in [0.15, 0.2) is 0 Å². The molecule has 3 nitrogen and oxygen atoms in total. The van der Waals surface area contributed by atoms with E-state index >= 15 is 0 Å². The first-order valence-electron chi connectivity index (χ1n) is 27.4. The molecule has 0 amide bonds. The van der Waals surface area contributed by atoms with Gasteiger partial charge >= 0.3 is 0 Å². The molecular formula is C66H80BN3S. The molecule has 6 aliphatic rings. The topological polar surface area (TPSA) is 9.72 Å². The van der Waals surface area contributed by atoms with Crippen LogP contribution in [0.4, 0.5) is 44.8 Å². The normalized spacial score (nSPS) is 24.1. The van der Waals surface area contributed by atoms with Crippen molar-refractivity contribution in [1.82, 2.24) is 0 Å². The standard InChI is InChI=1S/C66H80BN3S/c1-59(2,3)41-23-26-43(27-24-41)68-51-30-25-42(60(4,5)6)37-49(51)67-55-52(68)39-45(70-50-22-18-17-21-47(50)65(15)31-19-20-32-66(65,70)16)40-53(55)69(44-28-29-46-48(38-44)62(9,10)34-33-61(46,7)8)58-56(67)54-57(71-58)64(13,14)36-35-63(54,11)12/h17-18,21-30,37-40H,19-20,31-36H2,1-16H3/t65-,66?/m1/s1. The van der Waals surface area contributed by atoms with E-state index in [-0.39, 0.29) is 50.2 Å². The Morgan fingerprint density at radius 3 is 1.75 bits per heavy atom. The van der Waals surface area contributed by atoms with Gasteiger partial charge in [-0.3, -0.25) is 0 Å². The van der Waals surface area contributed by atoms with E-state index < -0.39 is 0 Å². The van der Waals surface area contributed by atoms with E-state index in [2.05, 4.69) is 234 Å². The summed E-state index contributed by atoms with van der Waals surface area (Å²) in [5.74, 6) is 0. The van der Waals surface area contributed by atoms with Crippen LogP contribution in [0.25, 0.3) is 0 Å². The van der Waals surface area contributed by atoms with Crippen molar-refractivity contribution in [2.45, 2.75) is 206 Å². The third kappa shape index (κ3) is 6.65. The first-order chi connectivity index (χ1) is 33.2. The molecule has 1 aromatic heterocycles. The average molecular weight is 958 g/mol. The van der Waals surface area contributed by atoms with Crippen LogP contribution < -0.4 is 31.1 Å². The van der Waals surface area contributed by atoms with Gasteiger partial charge in [0.1, 0.15) is 0 Å². The molecule has 3 aliphatic carbocycles. The Kier molecular flexibility index (Phi) is 9.96. The molecule has 5 aromatic carbocycles. The number of thiophene rings is 1. The largest absolute Gasteiger partial charge is 0.334 e. The van der Waals surface area contributed by atoms with Crippen LogP contribution in [0.5, 0.6) is 0 Å². The Hall–Kier alpha value is -4.74. The molecule has 0 radical (unpaired) electrons. The molecule has 1 saturated carbocycles. The second kappa shape index (κ2) is 15.0. The van der Waals surface area contributed by atoms with Gasteiger partial charge in [-0.05, 0) is 176 Å². The second-order valence-electron chi connectivity index (χ2n) is 28.3. The van der Waals surface area contributed by atoms with Crippen LogP contribution in [0.15, 0.2) is 97.1 Å². The van der Waals surface area contributed by atoms with Crippen LogP contribution in [0.3, 0.4) is 0 Å². The lowest BCUT2D eigenvalue weighted by Gasteiger charge is -2.51. The Balaban J connectivity index is 1.24. The van der Waals surface area contributed by atoms with Gasteiger partial charge in [0.05, 0.1) is 10.5 Å². The molecule has 368 valence electrons. The summed E-state index contributed by atoms with van der Waals surface area (Å²) in [6.45, 7) is 39.6. The summed E-state index contributed by atoms with van der Waals surface area (Å²) in [4.78, 5) is 9.92. The molecule has 12 rings (SSSR count). The number of hydrogen-bond donors (Lipinski definition) is 0. The van der Waals surface area contributed by atoms with Gasteiger partial charge in [0.2, 0.25) is 0 Å². The maximum Gasteiger partial charge on any atom is 0.253 e. The fourth-order valence-electron chi connectivity index (χ4n) is 14.9. The summed E-state index contributed by atoms with van der Waals surface area (Å²) in [7, 11) is 0. The molecule has 1 fully saturated rings. The SMILES string of the molecule is CC(C)(C)c1ccc(N2c3ccc(C(C)(C)C)cc3B3c4c2cc(N2c5ccccc5[C@@]5(C)CCCCC25C)cc4N(c2ccc4c(c2)C(C)(C)CCC4(C)C)c2sc4c(c23)C(C)(C)CCC4(C)C)cc1. The number of benzene rings is 5. The zero-order valence-corrected chi connectivity index (χ0v) is 47.0. The minimum Gasteiger partial charge on any atom is -0.334 e. The number of hydrogen-bond acceptors (Lipinski definition) is 4. The van der Waals surface area contributed by atoms with E-state index in [0.717, 1.165) is 6.42 Å². The Morgan fingerprint density at radius 2 is 1.06 bits per heavy atom. The van der Waals surface area contributed by atoms with Crippen molar-refractivity contribution in [2.75, 3.05) is 14.7 Å². The predicted octanol–water partition coefficient (Wildman–Crippen LogP) is 16.9. The van der Waals surface area contributed by atoms with Gasteiger partial charge < -0.3 is 14.7 Å². The number of fused-ring (bicyclic) bond motifs is 10. The third-order valence-corrected chi connectivity index (χ3v) is 21.3. The summed E-state index contributed by atoms with van der Waals surface area (Å²) in [6, 6.07) is 39.7. The first-order valence-corrected chi connectivity index (χ1v) is 28.3. The second-order valence-corrected chi connectivity index (χ2v) is 29.3. The van der Waals surface area contributed by atoms with Crippen molar-refractivity contribution in [3.63, 3.8) is 0 Å². The number of anilines is 8. The minimum absolute atomic E-state index is 0.0150. The summed E-state index contributed by atoms with van der Waals surface area (Å²) in [6.07, 6.45) is 9.64. The van der Waals surface area contributed by atoms with Gasteiger partial charge in [0, 0.05) is 50.1 Å². The summed E-state index contributed by atoms with van der Waals surface area (Å²) < 4.78 is 0. The minimum atomic E-state index is -0.0924. The highest BCUT2D eigenvalue weighted by molar-refractivity contribution is 7.20. The molecule has 6 aromatic rings. The van der Waals surface area contributed by atoms with Crippen molar-refractivity contribution in [1.29, 1.82) is 0 Å². The van der Waals surface area contributed by atoms with E-state index in [1.54, 1.807) is 15.9 Å². The molecule has 0 saturated heterocycles. The van der Waals surface area contributed by atoms with Crippen molar-refractivity contribution in [2.24, 2.45) is 0 Å². The monoisotopic (exact) mass is 958 g/mol. The van der Waals surface area contributed by atoms with Crippen LogP contribution >= 0.6 is 11.3 Å². The molecule has 71 heavy (non-hydrogen) atoms. The molecule has 4 heterocycles. The van der Waals surface area contributed by atoms with Crippen LogP contribution in [0, 0.1) is 0 Å². The van der Waals surface area contributed by atoms with Crippen molar-refractivity contribution in [3.05, 3.63) is 135 Å². The lowest BCUT2D eigenvalue weighted by Crippen LogP contribution is -2.63. The van der Waals surface area contributed by atoms with Crippen LogP contribution in [-0.4, -0.2) is 12.3 Å². The Labute approximate surface area is 432 Å². The van der Waals surface area contributed by atoms with E-state index in [9.17, 15) is 0 Å². The maximum absolute atomic E-state index is 2.84. The van der Waals surface area contributed by atoms with Crippen molar-refractivity contribution in [3.8, 4) is 0 Å². The van der Waals surface area contributed by atoms with E-state index in [1.165, 1.54) is 129 Å². The van der Waals surface area contributed by atoms with E-state index in [4.69, 9.17) is 0 Å². The van der Waals surface area contributed by atoms with E-state index in [0.29, 0.717) is 0 Å². The van der Waals surface area contributed by atoms with Gasteiger partial charge in [-0.25, -0.2) is 0 Å². The maximum atomic E-state index is 2.84. The summed E-state index contributed by atoms with van der Waals surface area (Å²) in [5, 5.41) is 1.43. The highest BCUT2D eigenvalue weighted by atomic mass is 32.1. The van der Waals surface area contributed by atoms with E-state index in [1.807, 2.05) is 0 Å². The molecular weight excluding hydrogens is 878 g/mol. The molecule has 0 bridgehead atoms. The van der Waals surface area contributed by atoms with Crippen molar-refractivity contribution < 1.29 is 0 Å². The van der Waals surface area contributed by atoms with Gasteiger partial charge in [0.25, 0.3) is 6.71 Å². The first kappa shape index (κ1) is 47.3. The van der Waals surface area contributed by atoms with Crippen molar-refractivity contribution >= 4 is 79.3 Å². The van der Waals surface area contributed by atoms with Gasteiger partial charge in [-0.1, -0.05) is 165 Å². The summed E-state index contributed by atoms with van der Waals surface area (Å²) >= 11 is 2.13. The lowest BCUT2D eigenvalue weighted by atomic mass is 9.32.